The molecule has 3 heterocycles. The van der Waals surface area contributed by atoms with Crippen LogP contribution >= 0.6 is 11.6 Å². The van der Waals surface area contributed by atoms with E-state index in [-0.39, 0.29) is 17.9 Å². The van der Waals surface area contributed by atoms with Crippen LogP contribution in [0.5, 0.6) is 0 Å². The molecule has 1 fully saturated rings. The Balaban J connectivity index is 1.43. The third kappa shape index (κ3) is 5.49. The molecule has 0 bridgehead atoms. The Hall–Kier alpha value is -2.76. The Kier molecular flexibility index (Phi) is 6.95. The van der Waals surface area contributed by atoms with Gasteiger partial charge in [-0.05, 0) is 73.8 Å². The van der Waals surface area contributed by atoms with Crippen LogP contribution in [0.25, 0.3) is 0 Å². The van der Waals surface area contributed by atoms with Crippen molar-refractivity contribution in [3.8, 4) is 0 Å². The van der Waals surface area contributed by atoms with Crippen LogP contribution < -0.4 is 5.32 Å². The molecule has 0 aliphatic carbocycles. The molecule has 160 valence electrons. The minimum Gasteiger partial charge on any atom is -0.343 e. The highest BCUT2D eigenvalue weighted by Crippen LogP contribution is 2.26. The SMILES string of the molecule is Cc1cccnc1C(NC(=O)C1CCN(Cc2cccnc2)CC1)c1ccc(Cl)cc1. The number of benzene rings is 1. The summed E-state index contributed by atoms with van der Waals surface area (Å²) >= 11 is 6.08. The molecule has 1 aromatic carbocycles. The summed E-state index contributed by atoms with van der Waals surface area (Å²) in [5.74, 6) is 0.0926. The summed E-state index contributed by atoms with van der Waals surface area (Å²) in [6.07, 6.45) is 7.17. The van der Waals surface area contributed by atoms with E-state index in [2.05, 4.69) is 26.3 Å². The van der Waals surface area contributed by atoms with Crippen LogP contribution in [-0.2, 0) is 11.3 Å². The van der Waals surface area contributed by atoms with E-state index in [1.54, 1.807) is 12.4 Å². The van der Waals surface area contributed by atoms with Crippen molar-refractivity contribution in [2.45, 2.75) is 32.4 Å². The van der Waals surface area contributed by atoms with Gasteiger partial charge in [0.15, 0.2) is 0 Å². The molecule has 1 aliphatic heterocycles. The number of nitrogens with zero attached hydrogens (tertiary/aromatic N) is 3. The maximum absolute atomic E-state index is 13.2. The number of carbonyl (C=O) groups excluding carboxylic acids is 1. The van der Waals surface area contributed by atoms with E-state index in [0.29, 0.717) is 5.02 Å². The molecule has 31 heavy (non-hydrogen) atoms. The first kappa shape index (κ1) is 21.5. The number of rotatable bonds is 6. The van der Waals surface area contributed by atoms with Gasteiger partial charge in [0.25, 0.3) is 0 Å². The van der Waals surface area contributed by atoms with E-state index in [1.807, 2.05) is 55.6 Å². The highest BCUT2D eigenvalue weighted by molar-refractivity contribution is 6.30. The zero-order chi connectivity index (χ0) is 21.6. The van der Waals surface area contributed by atoms with Gasteiger partial charge in [0, 0.05) is 36.1 Å². The van der Waals surface area contributed by atoms with Gasteiger partial charge in [0.05, 0.1) is 11.7 Å². The summed E-state index contributed by atoms with van der Waals surface area (Å²) in [5.41, 5.74) is 4.11. The fraction of sp³-hybridized carbons (Fsp3) is 0.320. The molecule has 2 aromatic heterocycles. The zero-order valence-corrected chi connectivity index (χ0v) is 18.4. The van der Waals surface area contributed by atoms with Crippen molar-refractivity contribution in [1.29, 1.82) is 0 Å². The summed E-state index contributed by atoms with van der Waals surface area (Å²) in [4.78, 5) is 24.4. The van der Waals surface area contributed by atoms with Gasteiger partial charge in [-0.15, -0.1) is 0 Å². The van der Waals surface area contributed by atoms with E-state index in [0.717, 1.165) is 49.3 Å². The van der Waals surface area contributed by atoms with Crippen LogP contribution in [-0.4, -0.2) is 33.9 Å². The van der Waals surface area contributed by atoms with Crippen LogP contribution in [0.2, 0.25) is 5.02 Å². The number of aryl methyl sites for hydroxylation is 1. The third-order valence-electron chi connectivity index (χ3n) is 5.90. The number of aromatic nitrogens is 2. The lowest BCUT2D eigenvalue weighted by Crippen LogP contribution is -2.41. The summed E-state index contributed by atoms with van der Waals surface area (Å²) < 4.78 is 0. The molecular formula is C25H27ClN4O. The molecule has 6 heteroatoms. The van der Waals surface area contributed by atoms with E-state index in [4.69, 9.17) is 11.6 Å². The molecule has 1 N–H and O–H groups in total. The number of pyridine rings is 2. The summed E-state index contributed by atoms with van der Waals surface area (Å²) in [6, 6.07) is 15.3. The Morgan fingerprint density at radius 2 is 1.87 bits per heavy atom. The van der Waals surface area contributed by atoms with Gasteiger partial charge in [-0.25, -0.2) is 0 Å². The number of amides is 1. The van der Waals surface area contributed by atoms with Crippen LogP contribution in [0.3, 0.4) is 0 Å². The summed E-state index contributed by atoms with van der Waals surface area (Å²) in [6.45, 7) is 4.71. The average Bonchev–Trinajstić information content (AvgIpc) is 2.80. The van der Waals surface area contributed by atoms with Crippen LogP contribution in [0.15, 0.2) is 67.1 Å². The number of carbonyl (C=O) groups is 1. The van der Waals surface area contributed by atoms with Crippen molar-refractivity contribution in [2.24, 2.45) is 5.92 Å². The molecule has 1 saturated heterocycles. The fourth-order valence-electron chi connectivity index (χ4n) is 4.13. The normalized spacial score (nSPS) is 16.1. The van der Waals surface area contributed by atoms with Gasteiger partial charge in [0.2, 0.25) is 5.91 Å². The highest BCUT2D eigenvalue weighted by atomic mass is 35.5. The second kappa shape index (κ2) is 10.0. The molecule has 0 saturated carbocycles. The summed E-state index contributed by atoms with van der Waals surface area (Å²) in [5, 5.41) is 3.94. The third-order valence-corrected chi connectivity index (χ3v) is 6.15. The zero-order valence-electron chi connectivity index (χ0n) is 17.7. The van der Waals surface area contributed by atoms with Crippen LogP contribution in [0.1, 0.15) is 41.3 Å². The standard InChI is InChI=1S/C25H27ClN4O/c1-18-4-2-13-28-23(18)24(20-6-8-22(26)9-7-20)29-25(31)21-10-14-30(15-11-21)17-19-5-3-12-27-16-19/h2-9,12-13,16,21,24H,10-11,14-15,17H2,1H3,(H,29,31). The van der Waals surface area contributed by atoms with Crippen LogP contribution in [0, 0.1) is 12.8 Å². The highest BCUT2D eigenvalue weighted by Gasteiger charge is 2.28. The topological polar surface area (TPSA) is 58.1 Å². The van der Waals surface area contributed by atoms with Crippen molar-refractivity contribution in [2.75, 3.05) is 13.1 Å². The molecule has 1 amide bonds. The minimum absolute atomic E-state index is 0.00367. The predicted octanol–water partition coefficient (Wildman–Crippen LogP) is 4.56. The fourth-order valence-corrected chi connectivity index (χ4v) is 4.25. The maximum Gasteiger partial charge on any atom is 0.224 e. The van der Waals surface area contributed by atoms with Crippen molar-refractivity contribution < 1.29 is 4.79 Å². The van der Waals surface area contributed by atoms with Crippen LogP contribution in [0.4, 0.5) is 0 Å². The van der Waals surface area contributed by atoms with Gasteiger partial charge < -0.3 is 5.32 Å². The van der Waals surface area contributed by atoms with E-state index < -0.39 is 0 Å². The first-order valence-corrected chi connectivity index (χ1v) is 11.1. The molecule has 3 aromatic rings. The number of halogens is 1. The van der Waals surface area contributed by atoms with Crippen molar-refractivity contribution >= 4 is 17.5 Å². The molecule has 0 radical (unpaired) electrons. The van der Waals surface area contributed by atoms with Gasteiger partial charge in [-0.2, -0.15) is 0 Å². The molecular weight excluding hydrogens is 408 g/mol. The van der Waals surface area contributed by atoms with E-state index in [9.17, 15) is 4.79 Å². The second-order valence-electron chi connectivity index (χ2n) is 8.11. The van der Waals surface area contributed by atoms with Crippen molar-refractivity contribution in [1.82, 2.24) is 20.2 Å². The Bertz CT molecular complexity index is 1000. The lowest BCUT2D eigenvalue weighted by Gasteiger charge is -2.32. The monoisotopic (exact) mass is 434 g/mol. The first-order valence-electron chi connectivity index (χ1n) is 10.7. The minimum atomic E-state index is -0.292. The number of hydrogen-bond donors (Lipinski definition) is 1. The quantitative estimate of drug-likeness (QED) is 0.618. The Labute approximate surface area is 188 Å². The lowest BCUT2D eigenvalue weighted by atomic mass is 9.93. The van der Waals surface area contributed by atoms with E-state index in [1.165, 1.54) is 5.56 Å². The Morgan fingerprint density at radius 1 is 1.13 bits per heavy atom. The first-order chi connectivity index (χ1) is 15.1. The molecule has 1 aliphatic rings. The van der Waals surface area contributed by atoms with E-state index >= 15 is 0 Å². The number of likely N-dealkylation sites (tertiary alicyclic amines) is 1. The lowest BCUT2D eigenvalue weighted by molar-refractivity contribution is -0.127. The van der Waals surface area contributed by atoms with Crippen molar-refractivity contribution in [3.63, 3.8) is 0 Å². The predicted molar refractivity (Wildman–Crippen MR) is 123 cm³/mol. The largest absolute Gasteiger partial charge is 0.343 e. The van der Waals surface area contributed by atoms with Gasteiger partial charge >= 0.3 is 0 Å². The maximum atomic E-state index is 13.2. The number of hydrogen-bond acceptors (Lipinski definition) is 4. The summed E-state index contributed by atoms with van der Waals surface area (Å²) in [7, 11) is 0. The molecule has 0 spiro atoms. The second-order valence-corrected chi connectivity index (χ2v) is 8.55. The number of piperidine rings is 1. The van der Waals surface area contributed by atoms with Gasteiger partial charge in [-0.1, -0.05) is 35.9 Å². The van der Waals surface area contributed by atoms with Gasteiger partial charge in [0.1, 0.15) is 0 Å². The Morgan fingerprint density at radius 3 is 2.55 bits per heavy atom. The molecule has 5 nitrogen and oxygen atoms in total. The molecule has 1 unspecified atom stereocenters. The number of nitrogens with one attached hydrogen (secondary N) is 1. The molecule has 1 atom stereocenters. The average molecular weight is 435 g/mol. The smallest absolute Gasteiger partial charge is 0.224 e. The molecule has 4 rings (SSSR count). The van der Waals surface area contributed by atoms with Gasteiger partial charge in [-0.3, -0.25) is 19.7 Å². The van der Waals surface area contributed by atoms with Crippen molar-refractivity contribution in [3.05, 3.63) is 94.5 Å².